The van der Waals surface area contributed by atoms with Crippen LogP contribution in [0.1, 0.15) is 47.0 Å². The van der Waals surface area contributed by atoms with Gasteiger partial charge in [-0.15, -0.1) is 0 Å². The summed E-state index contributed by atoms with van der Waals surface area (Å²) in [5.74, 6) is -1.67. The summed E-state index contributed by atoms with van der Waals surface area (Å²) in [6, 6.07) is 0. The topological polar surface area (TPSA) is 93.1 Å². The fraction of sp³-hybridized carbons (Fsp3) is 0.565. The minimum absolute atomic E-state index is 0.0775. The van der Waals surface area contributed by atoms with Gasteiger partial charge in [-0.3, -0.25) is 0 Å². The summed E-state index contributed by atoms with van der Waals surface area (Å²) in [6.07, 6.45) is 11.7. The van der Waals surface area contributed by atoms with Crippen molar-refractivity contribution in [2.75, 3.05) is 0 Å². The first kappa shape index (κ1) is 21.5. The van der Waals surface area contributed by atoms with Crippen LogP contribution in [0.4, 0.5) is 0 Å². The highest BCUT2D eigenvalue weighted by molar-refractivity contribution is 5.89. The fourth-order valence-corrected chi connectivity index (χ4v) is 5.53. The molecule has 0 bridgehead atoms. The Morgan fingerprint density at radius 3 is 2.59 bits per heavy atom. The molecular weight excluding hydrogens is 372 g/mol. The molecule has 29 heavy (non-hydrogen) atoms. The Bertz CT molecular complexity index is 804. The number of rotatable bonds is 4. The standard InChI is InChI=1S/C23H30O6/c1-5-6-7-8-9-11-17(24)28-16-14-15-19(25)29-20(26)23(15,27)22(4)13-10-12-21(2,3)18(16)22/h5-9,11,14,16,18-19,25,27H,10,12-13H2,1-4H3. The summed E-state index contributed by atoms with van der Waals surface area (Å²) >= 11 is 0. The van der Waals surface area contributed by atoms with Crippen LogP contribution in [0.3, 0.4) is 0 Å². The average Bonchev–Trinajstić information content (AvgIpc) is 2.85. The highest BCUT2D eigenvalue weighted by Crippen LogP contribution is 2.63. The molecule has 6 nitrogen and oxygen atoms in total. The van der Waals surface area contributed by atoms with Crippen molar-refractivity contribution < 1.29 is 29.3 Å². The molecule has 2 aliphatic carbocycles. The zero-order chi connectivity index (χ0) is 21.4. The van der Waals surface area contributed by atoms with Crippen molar-refractivity contribution in [2.45, 2.75) is 65.0 Å². The van der Waals surface area contributed by atoms with E-state index < -0.39 is 35.3 Å². The van der Waals surface area contributed by atoms with E-state index in [1.165, 1.54) is 12.2 Å². The second kappa shape index (κ2) is 7.58. The minimum atomic E-state index is -1.91. The van der Waals surface area contributed by atoms with E-state index in [1.807, 2.05) is 26.0 Å². The maximum absolute atomic E-state index is 12.6. The number of carbonyl (C=O) groups is 2. The van der Waals surface area contributed by atoms with Crippen molar-refractivity contribution in [1.82, 2.24) is 0 Å². The number of aliphatic hydroxyl groups excluding tert-OH is 1. The lowest BCUT2D eigenvalue weighted by atomic mass is 9.46. The summed E-state index contributed by atoms with van der Waals surface area (Å²) < 4.78 is 10.7. The van der Waals surface area contributed by atoms with E-state index in [2.05, 4.69) is 13.8 Å². The van der Waals surface area contributed by atoms with E-state index in [9.17, 15) is 19.8 Å². The number of esters is 2. The number of fused-ring (bicyclic) bond motifs is 3. The van der Waals surface area contributed by atoms with E-state index in [4.69, 9.17) is 9.47 Å². The van der Waals surface area contributed by atoms with Gasteiger partial charge in [0.2, 0.25) is 6.29 Å². The van der Waals surface area contributed by atoms with E-state index in [1.54, 1.807) is 18.2 Å². The molecule has 1 saturated heterocycles. The first-order chi connectivity index (χ1) is 13.6. The predicted octanol–water partition coefficient (Wildman–Crippen LogP) is 2.97. The lowest BCUT2D eigenvalue weighted by molar-refractivity contribution is -0.195. The molecule has 0 radical (unpaired) electrons. The molecular formula is C23H30O6. The molecule has 0 aromatic carbocycles. The lowest BCUT2D eigenvalue weighted by Crippen LogP contribution is -2.65. The molecule has 158 valence electrons. The normalized spacial score (nSPS) is 38.8. The van der Waals surface area contributed by atoms with Gasteiger partial charge in [0.05, 0.1) is 0 Å². The molecule has 0 spiro atoms. The van der Waals surface area contributed by atoms with Gasteiger partial charge in [-0.05, 0) is 31.3 Å². The number of hydrogen-bond acceptors (Lipinski definition) is 6. The number of cyclic esters (lactones) is 1. The Hall–Kier alpha value is -2.18. The summed E-state index contributed by atoms with van der Waals surface area (Å²) in [7, 11) is 0. The van der Waals surface area contributed by atoms with Crippen LogP contribution in [0.2, 0.25) is 0 Å². The van der Waals surface area contributed by atoms with Crippen molar-refractivity contribution >= 4 is 11.9 Å². The first-order valence-corrected chi connectivity index (χ1v) is 10.1. The molecule has 2 fully saturated rings. The van der Waals surface area contributed by atoms with Gasteiger partial charge in [0.25, 0.3) is 0 Å². The molecule has 1 saturated carbocycles. The van der Waals surface area contributed by atoms with Crippen LogP contribution in [0.15, 0.2) is 48.1 Å². The Morgan fingerprint density at radius 2 is 1.90 bits per heavy atom. The Morgan fingerprint density at radius 1 is 1.21 bits per heavy atom. The van der Waals surface area contributed by atoms with E-state index in [-0.39, 0.29) is 16.9 Å². The third kappa shape index (κ3) is 3.38. The molecule has 0 aromatic heterocycles. The smallest absolute Gasteiger partial charge is 0.345 e. The highest BCUT2D eigenvalue weighted by Gasteiger charge is 2.71. The van der Waals surface area contributed by atoms with Crippen LogP contribution in [0, 0.1) is 16.7 Å². The van der Waals surface area contributed by atoms with Crippen molar-refractivity contribution in [2.24, 2.45) is 16.7 Å². The molecule has 6 heteroatoms. The van der Waals surface area contributed by atoms with Gasteiger partial charge >= 0.3 is 11.9 Å². The maximum Gasteiger partial charge on any atom is 0.345 e. The summed E-state index contributed by atoms with van der Waals surface area (Å²) in [5, 5.41) is 21.7. The van der Waals surface area contributed by atoms with Gasteiger partial charge in [-0.25, -0.2) is 9.59 Å². The van der Waals surface area contributed by atoms with Crippen molar-refractivity contribution in [3.63, 3.8) is 0 Å². The second-order valence-corrected chi connectivity index (χ2v) is 9.00. The monoisotopic (exact) mass is 402 g/mol. The van der Waals surface area contributed by atoms with E-state index >= 15 is 0 Å². The quantitative estimate of drug-likeness (QED) is 0.325. The van der Waals surface area contributed by atoms with Crippen LogP contribution >= 0.6 is 0 Å². The molecule has 0 aromatic rings. The molecule has 5 atom stereocenters. The zero-order valence-corrected chi connectivity index (χ0v) is 17.4. The van der Waals surface area contributed by atoms with E-state index in [0.29, 0.717) is 6.42 Å². The van der Waals surface area contributed by atoms with Crippen molar-refractivity contribution in [1.29, 1.82) is 0 Å². The van der Waals surface area contributed by atoms with Gasteiger partial charge in [0.15, 0.2) is 5.60 Å². The van der Waals surface area contributed by atoms with Crippen molar-refractivity contribution in [3.8, 4) is 0 Å². The Labute approximate surface area is 171 Å². The van der Waals surface area contributed by atoms with Gasteiger partial charge in [-0.1, -0.05) is 57.6 Å². The van der Waals surface area contributed by atoms with Crippen LogP contribution in [-0.2, 0) is 19.1 Å². The summed E-state index contributed by atoms with van der Waals surface area (Å²) in [4.78, 5) is 25.0. The largest absolute Gasteiger partial charge is 0.455 e. The Kier molecular flexibility index (Phi) is 5.62. The van der Waals surface area contributed by atoms with Gasteiger partial charge < -0.3 is 19.7 Å². The number of allylic oxidation sites excluding steroid dienone is 5. The van der Waals surface area contributed by atoms with Crippen molar-refractivity contribution in [3.05, 3.63) is 48.1 Å². The third-order valence-electron chi connectivity index (χ3n) is 6.75. The van der Waals surface area contributed by atoms with E-state index in [0.717, 1.165) is 12.8 Å². The molecule has 3 aliphatic rings. The molecule has 3 rings (SSSR count). The van der Waals surface area contributed by atoms with Crippen LogP contribution in [0.5, 0.6) is 0 Å². The molecule has 1 aliphatic heterocycles. The average molecular weight is 402 g/mol. The second-order valence-electron chi connectivity index (χ2n) is 9.00. The van der Waals surface area contributed by atoms with Gasteiger partial charge in [0, 0.05) is 23.0 Å². The molecule has 5 unspecified atom stereocenters. The fourth-order valence-electron chi connectivity index (χ4n) is 5.53. The zero-order valence-electron chi connectivity index (χ0n) is 17.4. The molecule has 2 N–H and O–H groups in total. The number of ether oxygens (including phenoxy) is 2. The minimum Gasteiger partial charge on any atom is -0.455 e. The SMILES string of the molecule is CC=CC=CC=CC(=O)OC1C=C2C(O)OC(=O)C2(O)C2(C)CCCC(C)(C)C12. The maximum atomic E-state index is 12.6. The van der Waals surface area contributed by atoms with Gasteiger partial charge in [-0.2, -0.15) is 0 Å². The summed E-state index contributed by atoms with van der Waals surface area (Å²) in [6.45, 7) is 7.85. The molecule has 1 heterocycles. The number of aliphatic hydroxyl groups is 2. The van der Waals surface area contributed by atoms with Crippen LogP contribution < -0.4 is 0 Å². The number of carbonyl (C=O) groups excluding carboxylic acids is 2. The lowest BCUT2D eigenvalue weighted by Gasteiger charge is -2.59. The Balaban J connectivity index is 1.98. The number of hydrogen-bond donors (Lipinski definition) is 2. The van der Waals surface area contributed by atoms with Gasteiger partial charge in [0.1, 0.15) is 6.10 Å². The summed E-state index contributed by atoms with van der Waals surface area (Å²) in [5.41, 5.74) is -3.05. The third-order valence-corrected chi connectivity index (χ3v) is 6.75. The molecule has 0 amide bonds. The van der Waals surface area contributed by atoms with Crippen LogP contribution in [0.25, 0.3) is 0 Å². The first-order valence-electron chi connectivity index (χ1n) is 10.1. The predicted molar refractivity (Wildman–Crippen MR) is 107 cm³/mol. The highest BCUT2D eigenvalue weighted by atomic mass is 16.7. The van der Waals surface area contributed by atoms with Crippen LogP contribution in [-0.4, -0.2) is 40.1 Å².